The number of rotatable bonds is 6. The zero-order chi connectivity index (χ0) is 17.8. The minimum Gasteiger partial charge on any atom is -0.445 e. The number of oxazole rings is 1. The second kappa shape index (κ2) is 8.23. The molecule has 25 heavy (non-hydrogen) atoms. The van der Waals surface area contributed by atoms with Crippen LogP contribution in [0.1, 0.15) is 28.9 Å². The quantitative estimate of drug-likeness (QED) is 0.536. The highest BCUT2D eigenvalue weighted by Crippen LogP contribution is 2.31. The van der Waals surface area contributed by atoms with Gasteiger partial charge >= 0.3 is 0 Å². The molecule has 1 aromatic carbocycles. The zero-order valence-corrected chi connectivity index (χ0v) is 16.2. The van der Waals surface area contributed by atoms with Crippen LogP contribution in [-0.2, 0) is 12.2 Å². The SMILES string of the molecule is CCc1cnc(CSc2cnc(NC(=O)c3cccc(Cl)c3Cl)s2)o1. The number of carbonyl (C=O) groups excluding carboxylic acids is 1. The van der Waals surface area contributed by atoms with Crippen molar-refractivity contribution in [2.75, 3.05) is 5.32 Å². The molecule has 0 atom stereocenters. The fourth-order valence-corrected chi connectivity index (χ4v) is 4.05. The van der Waals surface area contributed by atoms with Crippen LogP contribution in [0.25, 0.3) is 0 Å². The van der Waals surface area contributed by atoms with Crippen LogP contribution in [0, 0.1) is 0 Å². The molecule has 2 aromatic heterocycles. The first-order chi connectivity index (χ1) is 12.1. The van der Waals surface area contributed by atoms with E-state index in [0.29, 0.717) is 27.4 Å². The number of amides is 1. The van der Waals surface area contributed by atoms with Gasteiger partial charge in [-0.1, -0.05) is 47.5 Å². The number of thioether (sulfide) groups is 1. The summed E-state index contributed by atoms with van der Waals surface area (Å²) in [5.41, 5.74) is 0.311. The third-order valence-electron chi connectivity index (χ3n) is 3.19. The number of thiazole rings is 1. The van der Waals surface area contributed by atoms with E-state index in [1.807, 2.05) is 6.92 Å². The summed E-state index contributed by atoms with van der Waals surface area (Å²) in [6.45, 7) is 2.02. The van der Waals surface area contributed by atoms with Gasteiger partial charge in [-0.15, -0.1) is 11.8 Å². The molecule has 0 radical (unpaired) electrons. The lowest BCUT2D eigenvalue weighted by Crippen LogP contribution is -2.12. The molecule has 0 saturated heterocycles. The Morgan fingerprint density at radius 2 is 2.16 bits per heavy atom. The largest absolute Gasteiger partial charge is 0.445 e. The first-order valence-corrected chi connectivity index (χ1v) is 9.90. The smallest absolute Gasteiger partial charge is 0.259 e. The average Bonchev–Trinajstić information content (AvgIpc) is 3.24. The number of aromatic nitrogens is 2. The van der Waals surface area contributed by atoms with Crippen molar-refractivity contribution in [2.24, 2.45) is 0 Å². The van der Waals surface area contributed by atoms with Crippen molar-refractivity contribution in [3.63, 3.8) is 0 Å². The number of nitrogens with zero attached hydrogens (tertiary/aromatic N) is 2. The molecule has 0 saturated carbocycles. The molecule has 1 amide bonds. The number of hydrogen-bond acceptors (Lipinski definition) is 6. The van der Waals surface area contributed by atoms with Crippen LogP contribution < -0.4 is 5.32 Å². The van der Waals surface area contributed by atoms with Crippen molar-refractivity contribution in [1.29, 1.82) is 0 Å². The van der Waals surface area contributed by atoms with Crippen molar-refractivity contribution in [1.82, 2.24) is 9.97 Å². The summed E-state index contributed by atoms with van der Waals surface area (Å²) in [7, 11) is 0. The Bertz CT molecular complexity index is 895. The van der Waals surface area contributed by atoms with Crippen LogP contribution >= 0.6 is 46.3 Å². The molecule has 9 heteroatoms. The number of nitrogens with one attached hydrogen (secondary N) is 1. The maximum Gasteiger partial charge on any atom is 0.259 e. The van der Waals surface area contributed by atoms with Crippen molar-refractivity contribution in [2.45, 2.75) is 23.3 Å². The Labute approximate surface area is 162 Å². The van der Waals surface area contributed by atoms with Crippen molar-refractivity contribution >= 4 is 57.3 Å². The molecule has 0 fully saturated rings. The van der Waals surface area contributed by atoms with E-state index in [0.717, 1.165) is 16.4 Å². The summed E-state index contributed by atoms with van der Waals surface area (Å²) < 4.78 is 6.51. The number of hydrogen-bond donors (Lipinski definition) is 1. The molecule has 0 bridgehead atoms. The van der Waals surface area contributed by atoms with Crippen LogP contribution in [0.15, 0.2) is 39.2 Å². The summed E-state index contributed by atoms with van der Waals surface area (Å²) in [6.07, 6.45) is 4.26. The maximum atomic E-state index is 12.3. The number of anilines is 1. The van der Waals surface area contributed by atoms with Crippen LogP contribution in [0.3, 0.4) is 0 Å². The number of halogens is 2. The minimum absolute atomic E-state index is 0.225. The molecule has 2 heterocycles. The van der Waals surface area contributed by atoms with Crippen LogP contribution in [0.5, 0.6) is 0 Å². The summed E-state index contributed by atoms with van der Waals surface area (Å²) in [5, 5.41) is 3.78. The second-order valence-corrected chi connectivity index (χ2v) is 7.99. The van der Waals surface area contributed by atoms with Gasteiger partial charge in [-0.3, -0.25) is 10.1 Å². The Morgan fingerprint density at radius 3 is 2.92 bits per heavy atom. The normalized spacial score (nSPS) is 10.8. The van der Waals surface area contributed by atoms with Crippen LogP contribution in [0.2, 0.25) is 10.0 Å². The molecule has 0 spiro atoms. The molecule has 0 aliphatic rings. The Hall–Kier alpha value is -1.54. The van der Waals surface area contributed by atoms with E-state index in [1.54, 1.807) is 42.4 Å². The molecule has 3 rings (SSSR count). The van der Waals surface area contributed by atoms with Crippen molar-refractivity contribution < 1.29 is 9.21 Å². The standard InChI is InChI=1S/C16H13Cl2N3O2S2/c1-2-9-6-19-12(23-9)8-24-13-7-20-16(25-13)21-15(22)10-4-3-5-11(17)14(10)18/h3-7H,2,8H2,1H3,(H,20,21,22). The van der Waals surface area contributed by atoms with Gasteiger partial charge in [-0.2, -0.15) is 0 Å². The molecule has 130 valence electrons. The first-order valence-electron chi connectivity index (χ1n) is 7.34. The van der Waals surface area contributed by atoms with E-state index in [4.69, 9.17) is 27.6 Å². The van der Waals surface area contributed by atoms with Crippen LogP contribution in [-0.4, -0.2) is 15.9 Å². The van der Waals surface area contributed by atoms with E-state index >= 15 is 0 Å². The lowest BCUT2D eigenvalue weighted by molar-refractivity contribution is 0.102. The highest BCUT2D eigenvalue weighted by Gasteiger charge is 2.14. The zero-order valence-electron chi connectivity index (χ0n) is 13.1. The molecular weight excluding hydrogens is 401 g/mol. The molecule has 0 aliphatic heterocycles. The molecule has 5 nitrogen and oxygen atoms in total. The maximum absolute atomic E-state index is 12.3. The van der Waals surface area contributed by atoms with E-state index in [9.17, 15) is 4.79 Å². The monoisotopic (exact) mass is 413 g/mol. The lowest BCUT2D eigenvalue weighted by Gasteiger charge is -2.04. The van der Waals surface area contributed by atoms with Gasteiger partial charge in [-0.25, -0.2) is 9.97 Å². The van der Waals surface area contributed by atoms with E-state index < -0.39 is 0 Å². The summed E-state index contributed by atoms with van der Waals surface area (Å²) in [4.78, 5) is 20.7. The van der Waals surface area contributed by atoms with Gasteiger partial charge in [0, 0.05) is 6.42 Å². The highest BCUT2D eigenvalue weighted by molar-refractivity contribution is 8.00. The van der Waals surface area contributed by atoms with Gasteiger partial charge in [0.05, 0.1) is 38.0 Å². The predicted molar refractivity (Wildman–Crippen MR) is 102 cm³/mol. The minimum atomic E-state index is -0.348. The van der Waals surface area contributed by atoms with E-state index in [2.05, 4.69) is 15.3 Å². The summed E-state index contributed by atoms with van der Waals surface area (Å²) in [6, 6.07) is 4.92. The van der Waals surface area contributed by atoms with Gasteiger partial charge in [-0.05, 0) is 12.1 Å². The Balaban J connectivity index is 1.61. The van der Waals surface area contributed by atoms with Gasteiger partial charge in [0.1, 0.15) is 5.76 Å². The van der Waals surface area contributed by atoms with Crippen molar-refractivity contribution in [3.05, 3.63) is 57.9 Å². The first kappa shape index (κ1) is 18.3. The number of aryl methyl sites for hydroxylation is 1. The van der Waals surface area contributed by atoms with E-state index in [-0.39, 0.29) is 10.9 Å². The number of carbonyl (C=O) groups is 1. The third-order valence-corrected chi connectivity index (χ3v) is 6.10. The van der Waals surface area contributed by atoms with Crippen molar-refractivity contribution in [3.8, 4) is 0 Å². The summed E-state index contributed by atoms with van der Waals surface area (Å²) in [5.74, 6) is 1.80. The third kappa shape index (κ3) is 4.55. The lowest BCUT2D eigenvalue weighted by atomic mass is 10.2. The fraction of sp³-hybridized carbons (Fsp3) is 0.188. The fourth-order valence-electron chi connectivity index (χ4n) is 1.94. The predicted octanol–water partition coefficient (Wildman–Crippen LogP) is 5.54. The number of benzene rings is 1. The molecule has 1 N–H and O–H groups in total. The Kier molecular flexibility index (Phi) is 6.01. The highest BCUT2D eigenvalue weighted by atomic mass is 35.5. The second-order valence-electron chi connectivity index (χ2n) is 4.90. The summed E-state index contributed by atoms with van der Waals surface area (Å²) >= 11 is 14.9. The van der Waals surface area contributed by atoms with Gasteiger partial charge in [0.15, 0.2) is 5.13 Å². The molecule has 3 aromatic rings. The van der Waals surface area contributed by atoms with E-state index in [1.165, 1.54) is 11.3 Å². The molecule has 0 unspecified atom stereocenters. The van der Waals surface area contributed by atoms with Crippen LogP contribution in [0.4, 0.5) is 5.13 Å². The average molecular weight is 414 g/mol. The Morgan fingerprint density at radius 1 is 1.32 bits per heavy atom. The molecular formula is C16H13Cl2N3O2S2. The topological polar surface area (TPSA) is 68.0 Å². The van der Waals surface area contributed by atoms with Gasteiger partial charge in [0.2, 0.25) is 5.89 Å². The van der Waals surface area contributed by atoms with Gasteiger partial charge < -0.3 is 4.42 Å². The molecule has 0 aliphatic carbocycles. The van der Waals surface area contributed by atoms with Gasteiger partial charge in [0.25, 0.3) is 5.91 Å².